The van der Waals surface area contributed by atoms with E-state index in [4.69, 9.17) is 21.1 Å². The van der Waals surface area contributed by atoms with Gasteiger partial charge in [0.15, 0.2) is 11.5 Å². The maximum Gasteiger partial charge on any atom is 0.161 e. The summed E-state index contributed by atoms with van der Waals surface area (Å²) in [6.07, 6.45) is 1.83. The lowest BCUT2D eigenvalue weighted by atomic mass is 10.2. The van der Waals surface area contributed by atoms with E-state index in [-0.39, 0.29) is 6.10 Å². The van der Waals surface area contributed by atoms with Crippen LogP contribution in [0.2, 0.25) is 5.02 Å². The van der Waals surface area contributed by atoms with Crippen molar-refractivity contribution in [3.63, 3.8) is 0 Å². The molecule has 0 spiro atoms. The molecule has 0 atom stereocenters. The zero-order valence-electron chi connectivity index (χ0n) is 14.5. The summed E-state index contributed by atoms with van der Waals surface area (Å²) in [6, 6.07) is 11.5. The molecule has 4 nitrogen and oxygen atoms in total. The first-order chi connectivity index (χ1) is 11.5. The Labute approximate surface area is 148 Å². The fourth-order valence-corrected chi connectivity index (χ4v) is 2.25. The lowest BCUT2D eigenvalue weighted by molar-refractivity contribution is 0.224. The van der Waals surface area contributed by atoms with Gasteiger partial charge in [0.1, 0.15) is 0 Å². The molecule has 2 aromatic rings. The van der Waals surface area contributed by atoms with Crippen LogP contribution in [0.4, 0.5) is 5.69 Å². The van der Waals surface area contributed by atoms with Gasteiger partial charge in [0, 0.05) is 5.02 Å². The number of hydrogen-bond donors (Lipinski definition) is 1. The Bertz CT molecular complexity index is 715. The summed E-state index contributed by atoms with van der Waals surface area (Å²) in [6.45, 7) is 8.46. The Morgan fingerprint density at radius 2 is 1.96 bits per heavy atom. The third kappa shape index (κ3) is 5.17. The molecule has 2 rings (SSSR count). The highest BCUT2D eigenvalue weighted by atomic mass is 35.5. The van der Waals surface area contributed by atoms with E-state index in [0.717, 1.165) is 22.6 Å². The van der Waals surface area contributed by atoms with Crippen molar-refractivity contribution < 1.29 is 9.47 Å². The number of nitrogens with zero attached hydrogens (tertiary/aromatic N) is 1. The molecule has 2 aromatic carbocycles. The Morgan fingerprint density at radius 3 is 2.62 bits per heavy atom. The molecule has 0 aliphatic rings. The first-order valence-corrected chi connectivity index (χ1v) is 8.36. The van der Waals surface area contributed by atoms with Crippen LogP contribution in [0.15, 0.2) is 41.5 Å². The fraction of sp³-hybridized carbons (Fsp3) is 0.316. The van der Waals surface area contributed by atoms with Gasteiger partial charge in [-0.2, -0.15) is 5.10 Å². The normalized spacial score (nSPS) is 11.1. The predicted octanol–water partition coefficient (Wildman–Crippen LogP) is 5.28. The minimum absolute atomic E-state index is 0.0941. The molecular formula is C19H23ClN2O2. The predicted molar refractivity (Wildman–Crippen MR) is 101 cm³/mol. The van der Waals surface area contributed by atoms with Gasteiger partial charge in [0.25, 0.3) is 0 Å². The summed E-state index contributed by atoms with van der Waals surface area (Å²) in [7, 11) is 0. The minimum atomic E-state index is 0.0941. The van der Waals surface area contributed by atoms with E-state index in [2.05, 4.69) is 10.5 Å². The van der Waals surface area contributed by atoms with Gasteiger partial charge < -0.3 is 9.47 Å². The van der Waals surface area contributed by atoms with Crippen LogP contribution in [-0.2, 0) is 0 Å². The first-order valence-electron chi connectivity index (χ1n) is 7.98. The lowest BCUT2D eigenvalue weighted by Gasteiger charge is -2.14. The van der Waals surface area contributed by atoms with Gasteiger partial charge in [-0.1, -0.05) is 17.7 Å². The zero-order chi connectivity index (χ0) is 17.5. The third-order valence-corrected chi connectivity index (χ3v) is 3.62. The Morgan fingerprint density at radius 1 is 1.17 bits per heavy atom. The molecule has 0 amide bonds. The van der Waals surface area contributed by atoms with Crippen LogP contribution < -0.4 is 14.9 Å². The lowest BCUT2D eigenvalue weighted by Crippen LogP contribution is -2.07. The second-order valence-corrected chi connectivity index (χ2v) is 6.05. The van der Waals surface area contributed by atoms with E-state index < -0.39 is 0 Å². The van der Waals surface area contributed by atoms with Crippen molar-refractivity contribution in [1.29, 1.82) is 0 Å². The number of ether oxygens (including phenoxy) is 2. The highest BCUT2D eigenvalue weighted by Crippen LogP contribution is 2.29. The highest BCUT2D eigenvalue weighted by Gasteiger charge is 2.07. The van der Waals surface area contributed by atoms with Crippen LogP contribution in [0.3, 0.4) is 0 Å². The van der Waals surface area contributed by atoms with Crippen molar-refractivity contribution in [1.82, 2.24) is 0 Å². The molecule has 0 heterocycles. The molecule has 128 valence electrons. The summed E-state index contributed by atoms with van der Waals surface area (Å²) < 4.78 is 11.4. The van der Waals surface area contributed by atoms with Gasteiger partial charge in [0.2, 0.25) is 0 Å². The van der Waals surface area contributed by atoms with Crippen molar-refractivity contribution in [3.05, 3.63) is 52.5 Å². The van der Waals surface area contributed by atoms with Gasteiger partial charge in [-0.3, -0.25) is 5.43 Å². The average Bonchev–Trinajstić information content (AvgIpc) is 2.53. The molecule has 0 aliphatic carbocycles. The fourth-order valence-electron chi connectivity index (χ4n) is 2.07. The van der Waals surface area contributed by atoms with Crippen molar-refractivity contribution in [2.75, 3.05) is 12.0 Å². The van der Waals surface area contributed by atoms with Crippen LogP contribution in [0.25, 0.3) is 0 Å². The number of hydrazone groups is 1. The molecule has 0 radical (unpaired) electrons. The molecule has 5 heteroatoms. The summed E-state index contributed by atoms with van der Waals surface area (Å²) >= 11 is 6.10. The summed E-state index contributed by atoms with van der Waals surface area (Å²) in [5.74, 6) is 1.45. The third-order valence-electron chi connectivity index (χ3n) is 3.21. The van der Waals surface area contributed by atoms with Gasteiger partial charge in [0.05, 0.1) is 24.6 Å². The Kier molecular flexibility index (Phi) is 6.50. The second-order valence-electron chi connectivity index (χ2n) is 5.64. The van der Waals surface area contributed by atoms with Crippen LogP contribution in [0.5, 0.6) is 11.5 Å². The topological polar surface area (TPSA) is 42.8 Å². The van der Waals surface area contributed by atoms with Gasteiger partial charge in [-0.15, -0.1) is 0 Å². The van der Waals surface area contributed by atoms with Crippen molar-refractivity contribution in [3.8, 4) is 11.5 Å². The number of hydrogen-bond acceptors (Lipinski definition) is 4. The zero-order valence-corrected chi connectivity index (χ0v) is 15.2. The number of anilines is 1. The maximum absolute atomic E-state index is 6.10. The van der Waals surface area contributed by atoms with Gasteiger partial charge in [-0.05, 0) is 69.2 Å². The van der Waals surface area contributed by atoms with Gasteiger partial charge >= 0.3 is 0 Å². The summed E-state index contributed by atoms with van der Waals surface area (Å²) in [4.78, 5) is 0. The van der Waals surface area contributed by atoms with Crippen molar-refractivity contribution in [2.24, 2.45) is 5.10 Å². The van der Waals surface area contributed by atoms with E-state index in [1.165, 1.54) is 0 Å². The summed E-state index contributed by atoms with van der Waals surface area (Å²) in [5, 5.41) is 4.96. The monoisotopic (exact) mass is 346 g/mol. The van der Waals surface area contributed by atoms with E-state index in [1.54, 1.807) is 6.21 Å². The SMILES string of the molecule is CCOc1cc(/C=N/Nc2ccc(C)c(Cl)c2)ccc1OC(C)C. The van der Waals surface area contributed by atoms with E-state index >= 15 is 0 Å². The molecule has 0 saturated carbocycles. The standard InChI is InChI=1S/C19H23ClN2O2/c1-5-23-19-10-15(7-9-18(19)24-13(2)3)12-21-22-16-8-6-14(4)17(20)11-16/h6-13,22H,5H2,1-4H3/b21-12+. The quantitative estimate of drug-likeness (QED) is 0.547. The molecule has 24 heavy (non-hydrogen) atoms. The van der Waals surface area contributed by atoms with E-state index in [1.807, 2.05) is 64.1 Å². The number of halogens is 1. The molecule has 0 aromatic heterocycles. The van der Waals surface area contributed by atoms with Crippen molar-refractivity contribution >= 4 is 23.5 Å². The molecular weight excluding hydrogens is 324 g/mol. The Balaban J connectivity index is 2.10. The van der Waals surface area contributed by atoms with Crippen LogP contribution >= 0.6 is 11.6 Å². The van der Waals surface area contributed by atoms with E-state index in [0.29, 0.717) is 17.4 Å². The molecule has 0 bridgehead atoms. The first kappa shape index (κ1) is 18.1. The number of nitrogens with one attached hydrogen (secondary N) is 1. The highest BCUT2D eigenvalue weighted by molar-refractivity contribution is 6.31. The van der Waals surface area contributed by atoms with Crippen LogP contribution in [0, 0.1) is 6.92 Å². The van der Waals surface area contributed by atoms with Crippen LogP contribution in [-0.4, -0.2) is 18.9 Å². The number of rotatable bonds is 7. The molecule has 0 saturated heterocycles. The maximum atomic E-state index is 6.10. The molecule has 0 fully saturated rings. The number of aryl methyl sites for hydroxylation is 1. The van der Waals surface area contributed by atoms with Crippen molar-refractivity contribution in [2.45, 2.75) is 33.8 Å². The van der Waals surface area contributed by atoms with Crippen LogP contribution in [0.1, 0.15) is 31.9 Å². The van der Waals surface area contributed by atoms with Gasteiger partial charge in [-0.25, -0.2) is 0 Å². The largest absolute Gasteiger partial charge is 0.490 e. The van der Waals surface area contributed by atoms with E-state index in [9.17, 15) is 0 Å². The summed E-state index contributed by atoms with van der Waals surface area (Å²) in [5.41, 5.74) is 5.76. The smallest absolute Gasteiger partial charge is 0.161 e. The minimum Gasteiger partial charge on any atom is -0.490 e. The molecule has 0 unspecified atom stereocenters. The molecule has 0 aliphatic heterocycles. The second kappa shape index (κ2) is 8.60. The Hall–Kier alpha value is -2.20. The average molecular weight is 347 g/mol. The number of benzene rings is 2. The molecule has 1 N–H and O–H groups in total.